The molecule has 0 amide bonds. The van der Waals surface area contributed by atoms with Crippen molar-refractivity contribution in [3.05, 3.63) is 70.8 Å². The molecule has 2 unspecified atom stereocenters. The van der Waals surface area contributed by atoms with Gasteiger partial charge in [0.15, 0.2) is 0 Å². The molecule has 0 fully saturated rings. The molecule has 57 heavy (non-hydrogen) atoms. The molecule has 0 aliphatic carbocycles. The minimum absolute atomic E-state index is 0.209. The molecule has 2 aromatic rings. The normalized spacial score (nSPS) is 16.0. The minimum atomic E-state index is -4.35. The molecule has 9 heteroatoms. The number of hydrogen-bond acceptors (Lipinski definition) is 8. The Hall–Kier alpha value is -1.85. The maximum atomic E-state index is 13.8. The van der Waals surface area contributed by atoms with Crippen LogP contribution in [0.3, 0.4) is 0 Å². The SMILES string of the molecule is CCCCCCCCCCCCOCC(CN1CCc2ccccc2C1)OS(=O)(=O)OC(COCCCCCCCCCCCC)CN1CCc2ccccc2C1. The fraction of sp³-hybridized carbons (Fsp3) is 0.750. The lowest BCUT2D eigenvalue weighted by Crippen LogP contribution is -2.43. The van der Waals surface area contributed by atoms with Crippen LogP contribution < -0.4 is 0 Å². The summed E-state index contributed by atoms with van der Waals surface area (Å²) in [7, 11) is -4.35. The van der Waals surface area contributed by atoms with E-state index in [1.165, 1.54) is 125 Å². The number of ether oxygens (including phenoxy) is 2. The van der Waals surface area contributed by atoms with Gasteiger partial charge in [-0.1, -0.05) is 178 Å². The Morgan fingerprint density at radius 1 is 0.491 bits per heavy atom. The number of benzene rings is 2. The standard InChI is InChI=1S/C48H80N2O6S/c1-3-5-7-9-11-13-15-17-19-25-35-53-41-47(39-49-33-31-43-27-21-23-29-45(43)37-49)55-57(51,52)56-48(40-50-34-32-44-28-22-24-30-46(44)38-50)42-54-36-26-20-18-16-14-12-10-8-6-4-2/h21-24,27-30,47-48H,3-20,25-26,31-42H2,1-2H3. The predicted molar refractivity (Wildman–Crippen MR) is 235 cm³/mol. The molecule has 324 valence electrons. The highest BCUT2D eigenvalue weighted by atomic mass is 32.3. The smallest absolute Gasteiger partial charge is 0.379 e. The van der Waals surface area contributed by atoms with Crippen molar-refractivity contribution in [3.63, 3.8) is 0 Å². The third-order valence-corrected chi connectivity index (χ3v) is 12.8. The van der Waals surface area contributed by atoms with Crippen LogP contribution in [-0.4, -0.2) is 83.0 Å². The molecule has 0 saturated carbocycles. The van der Waals surface area contributed by atoms with Gasteiger partial charge in [0, 0.05) is 52.5 Å². The monoisotopic (exact) mass is 813 g/mol. The molecular weight excluding hydrogens is 733 g/mol. The summed E-state index contributed by atoms with van der Waals surface area (Å²) in [5.74, 6) is 0. The first-order chi connectivity index (χ1) is 28.0. The first kappa shape index (κ1) is 47.8. The molecule has 0 saturated heterocycles. The van der Waals surface area contributed by atoms with Gasteiger partial charge in [-0.25, -0.2) is 8.37 Å². The predicted octanol–water partition coefficient (Wildman–Crippen LogP) is 11.0. The van der Waals surface area contributed by atoms with Gasteiger partial charge in [-0.3, -0.25) is 9.80 Å². The second-order valence-corrected chi connectivity index (χ2v) is 18.1. The Labute approximate surface area is 349 Å². The van der Waals surface area contributed by atoms with E-state index < -0.39 is 22.6 Å². The van der Waals surface area contributed by atoms with Crippen LogP contribution >= 0.6 is 0 Å². The average molecular weight is 813 g/mol. The van der Waals surface area contributed by atoms with Gasteiger partial charge >= 0.3 is 10.4 Å². The molecule has 0 bridgehead atoms. The van der Waals surface area contributed by atoms with Crippen molar-refractivity contribution in [3.8, 4) is 0 Å². The molecule has 0 aromatic heterocycles. The molecule has 8 nitrogen and oxygen atoms in total. The van der Waals surface area contributed by atoms with Crippen LogP contribution in [0.5, 0.6) is 0 Å². The van der Waals surface area contributed by atoms with E-state index in [2.05, 4.69) is 72.2 Å². The van der Waals surface area contributed by atoms with Crippen molar-refractivity contribution >= 4 is 10.4 Å². The molecule has 2 aliphatic heterocycles. The second-order valence-electron chi connectivity index (χ2n) is 16.9. The van der Waals surface area contributed by atoms with Crippen LogP contribution in [0.4, 0.5) is 0 Å². The summed E-state index contributed by atoms with van der Waals surface area (Å²) in [5, 5.41) is 0. The van der Waals surface area contributed by atoms with E-state index in [9.17, 15) is 8.42 Å². The van der Waals surface area contributed by atoms with E-state index in [4.69, 9.17) is 17.8 Å². The fourth-order valence-electron chi connectivity index (χ4n) is 8.39. The Morgan fingerprint density at radius 3 is 1.19 bits per heavy atom. The summed E-state index contributed by atoms with van der Waals surface area (Å²) in [4.78, 5) is 4.56. The Balaban J connectivity index is 1.27. The van der Waals surface area contributed by atoms with Crippen molar-refractivity contribution in [1.82, 2.24) is 9.80 Å². The van der Waals surface area contributed by atoms with E-state index in [0.29, 0.717) is 26.3 Å². The summed E-state index contributed by atoms with van der Waals surface area (Å²) in [6, 6.07) is 17.0. The van der Waals surface area contributed by atoms with Crippen molar-refractivity contribution in [2.24, 2.45) is 0 Å². The van der Waals surface area contributed by atoms with E-state index in [1.54, 1.807) is 0 Å². The maximum absolute atomic E-state index is 13.8. The highest BCUT2D eigenvalue weighted by molar-refractivity contribution is 7.81. The van der Waals surface area contributed by atoms with Gasteiger partial charge in [0.25, 0.3) is 0 Å². The van der Waals surface area contributed by atoms with Crippen LogP contribution in [0, 0.1) is 0 Å². The third kappa shape index (κ3) is 20.8. The Kier molecular flexibility index (Phi) is 24.7. The molecule has 2 aliphatic rings. The minimum Gasteiger partial charge on any atom is -0.379 e. The lowest BCUT2D eigenvalue weighted by molar-refractivity contribution is -0.00303. The quantitative estimate of drug-likeness (QED) is 0.0647. The van der Waals surface area contributed by atoms with Crippen molar-refractivity contribution in [2.75, 3.05) is 52.6 Å². The zero-order chi connectivity index (χ0) is 40.2. The summed E-state index contributed by atoms with van der Waals surface area (Å²) in [6.45, 7) is 10.3. The number of fused-ring (bicyclic) bond motifs is 2. The van der Waals surface area contributed by atoms with Crippen molar-refractivity contribution < 1.29 is 26.3 Å². The van der Waals surface area contributed by atoms with Gasteiger partial charge in [0.1, 0.15) is 12.2 Å². The van der Waals surface area contributed by atoms with Gasteiger partial charge in [0.2, 0.25) is 0 Å². The molecule has 0 N–H and O–H groups in total. The summed E-state index contributed by atoms with van der Waals surface area (Å²) < 4.78 is 51.7. The van der Waals surface area contributed by atoms with Gasteiger partial charge in [-0.05, 0) is 47.9 Å². The van der Waals surface area contributed by atoms with Gasteiger partial charge in [0.05, 0.1) is 13.2 Å². The molecule has 2 atom stereocenters. The molecule has 2 aromatic carbocycles. The molecule has 0 spiro atoms. The van der Waals surface area contributed by atoms with Gasteiger partial charge in [-0.2, -0.15) is 8.42 Å². The zero-order valence-electron chi connectivity index (χ0n) is 36.2. The maximum Gasteiger partial charge on any atom is 0.400 e. The Morgan fingerprint density at radius 2 is 0.825 bits per heavy atom. The van der Waals surface area contributed by atoms with Gasteiger partial charge < -0.3 is 9.47 Å². The number of nitrogens with zero attached hydrogens (tertiary/aromatic N) is 2. The largest absolute Gasteiger partial charge is 0.400 e. The highest BCUT2D eigenvalue weighted by Gasteiger charge is 2.30. The highest BCUT2D eigenvalue weighted by Crippen LogP contribution is 2.22. The van der Waals surface area contributed by atoms with Crippen LogP contribution in [0.1, 0.15) is 165 Å². The zero-order valence-corrected chi connectivity index (χ0v) is 37.0. The fourth-order valence-corrected chi connectivity index (χ4v) is 9.33. The van der Waals surface area contributed by atoms with Crippen LogP contribution in [0.15, 0.2) is 48.5 Å². The molecule has 0 radical (unpaired) electrons. The topological polar surface area (TPSA) is 77.5 Å². The van der Waals surface area contributed by atoms with Gasteiger partial charge in [-0.15, -0.1) is 0 Å². The second kappa shape index (κ2) is 29.4. The number of rotatable bonds is 34. The van der Waals surface area contributed by atoms with Crippen molar-refractivity contribution in [1.29, 1.82) is 0 Å². The molecule has 2 heterocycles. The lowest BCUT2D eigenvalue weighted by atomic mass is 10.00. The lowest BCUT2D eigenvalue weighted by Gasteiger charge is -2.32. The summed E-state index contributed by atoms with van der Waals surface area (Å²) in [6.07, 6.45) is 25.7. The van der Waals surface area contributed by atoms with E-state index in [0.717, 1.165) is 64.7 Å². The van der Waals surface area contributed by atoms with E-state index in [-0.39, 0.29) is 13.2 Å². The number of unbranched alkanes of at least 4 members (excludes halogenated alkanes) is 18. The number of hydrogen-bond donors (Lipinski definition) is 0. The Bertz CT molecular complexity index is 1320. The van der Waals surface area contributed by atoms with Crippen LogP contribution in [0.2, 0.25) is 0 Å². The summed E-state index contributed by atoms with van der Waals surface area (Å²) in [5.41, 5.74) is 5.30. The molecule has 4 rings (SSSR count). The van der Waals surface area contributed by atoms with Crippen molar-refractivity contribution in [2.45, 2.75) is 180 Å². The van der Waals surface area contributed by atoms with E-state index in [1.807, 2.05) is 0 Å². The molecular formula is C48H80N2O6S. The average Bonchev–Trinajstić information content (AvgIpc) is 3.21. The summed E-state index contributed by atoms with van der Waals surface area (Å²) >= 11 is 0. The van der Waals surface area contributed by atoms with Crippen LogP contribution in [-0.2, 0) is 54.2 Å². The van der Waals surface area contributed by atoms with E-state index >= 15 is 0 Å². The first-order valence-corrected chi connectivity index (χ1v) is 24.6. The first-order valence-electron chi connectivity index (χ1n) is 23.3. The van der Waals surface area contributed by atoms with Crippen LogP contribution in [0.25, 0.3) is 0 Å². The third-order valence-electron chi connectivity index (χ3n) is 11.7.